The molecule has 3 saturated heterocycles. The van der Waals surface area contributed by atoms with Crippen molar-refractivity contribution in [2.24, 2.45) is 5.92 Å². The van der Waals surface area contributed by atoms with E-state index in [1.54, 1.807) is 7.11 Å². The molecule has 1 aromatic carbocycles. The number of methoxy groups -OCH3 is 1. The smallest absolute Gasteiger partial charge is 0.131 e. The van der Waals surface area contributed by atoms with Gasteiger partial charge in [0.2, 0.25) is 0 Å². The van der Waals surface area contributed by atoms with Gasteiger partial charge in [-0.1, -0.05) is 6.07 Å². The van der Waals surface area contributed by atoms with Crippen molar-refractivity contribution in [3.63, 3.8) is 0 Å². The van der Waals surface area contributed by atoms with Gasteiger partial charge in [-0.05, 0) is 37.9 Å². The highest BCUT2D eigenvalue weighted by Crippen LogP contribution is 2.27. The van der Waals surface area contributed by atoms with E-state index in [-0.39, 0.29) is 5.82 Å². The number of rotatable bonds is 4. The highest BCUT2D eigenvalue weighted by Gasteiger charge is 2.33. The van der Waals surface area contributed by atoms with Crippen LogP contribution in [0.5, 0.6) is 5.75 Å². The number of nitrogens with one attached hydrogen (secondary N) is 1. The Balaban J connectivity index is 1.60. The highest BCUT2D eigenvalue weighted by molar-refractivity contribution is 5.28. The van der Waals surface area contributed by atoms with Crippen LogP contribution in [0.15, 0.2) is 18.2 Å². The first-order valence-electron chi connectivity index (χ1n) is 7.04. The van der Waals surface area contributed by atoms with Crippen LogP contribution in [0.4, 0.5) is 4.39 Å². The average Bonchev–Trinajstić information content (AvgIpc) is 2.47. The molecular formula is C15H21FN2O. The van der Waals surface area contributed by atoms with Crippen LogP contribution in [-0.4, -0.2) is 37.7 Å². The SMILES string of the molecule is COc1ccc(CNC2CN3CCC2CC3)c(F)c1. The van der Waals surface area contributed by atoms with E-state index in [1.165, 1.54) is 32.0 Å². The molecule has 3 aliphatic heterocycles. The largest absolute Gasteiger partial charge is 0.497 e. The third-order valence-electron chi connectivity index (χ3n) is 4.47. The van der Waals surface area contributed by atoms with E-state index in [0.29, 0.717) is 18.3 Å². The molecule has 1 aromatic rings. The van der Waals surface area contributed by atoms with Crippen LogP contribution < -0.4 is 10.1 Å². The zero-order valence-electron chi connectivity index (χ0n) is 11.4. The molecule has 19 heavy (non-hydrogen) atoms. The summed E-state index contributed by atoms with van der Waals surface area (Å²) in [5.41, 5.74) is 0.720. The van der Waals surface area contributed by atoms with Gasteiger partial charge in [-0.3, -0.25) is 0 Å². The van der Waals surface area contributed by atoms with E-state index in [1.807, 2.05) is 12.1 Å². The maximum absolute atomic E-state index is 13.8. The van der Waals surface area contributed by atoms with Crippen LogP contribution >= 0.6 is 0 Å². The van der Waals surface area contributed by atoms with Crippen LogP contribution in [0.3, 0.4) is 0 Å². The Hall–Kier alpha value is -1.13. The molecule has 1 unspecified atom stereocenters. The highest BCUT2D eigenvalue weighted by atomic mass is 19.1. The Morgan fingerprint density at radius 1 is 1.37 bits per heavy atom. The quantitative estimate of drug-likeness (QED) is 0.900. The molecule has 3 nitrogen and oxygen atoms in total. The average molecular weight is 264 g/mol. The zero-order valence-corrected chi connectivity index (χ0v) is 11.4. The summed E-state index contributed by atoms with van der Waals surface area (Å²) in [7, 11) is 1.56. The van der Waals surface area contributed by atoms with Gasteiger partial charge in [-0.2, -0.15) is 0 Å². The molecular weight excluding hydrogens is 243 g/mol. The lowest BCUT2D eigenvalue weighted by molar-refractivity contribution is 0.0718. The number of nitrogens with zero attached hydrogens (tertiary/aromatic N) is 1. The van der Waals surface area contributed by atoms with E-state index < -0.39 is 0 Å². The Kier molecular flexibility index (Phi) is 3.71. The predicted octanol–water partition coefficient (Wildman–Crippen LogP) is 2.02. The number of ether oxygens (including phenoxy) is 1. The van der Waals surface area contributed by atoms with E-state index in [9.17, 15) is 4.39 Å². The molecule has 104 valence electrons. The van der Waals surface area contributed by atoms with Crippen molar-refractivity contribution in [1.29, 1.82) is 0 Å². The van der Waals surface area contributed by atoms with E-state index in [0.717, 1.165) is 18.0 Å². The number of fused-ring (bicyclic) bond motifs is 3. The fourth-order valence-corrected chi connectivity index (χ4v) is 3.24. The van der Waals surface area contributed by atoms with Gasteiger partial charge >= 0.3 is 0 Å². The van der Waals surface area contributed by atoms with Crippen LogP contribution in [0.2, 0.25) is 0 Å². The standard InChI is InChI=1S/C15H21FN2O/c1-19-13-3-2-12(14(16)8-13)9-17-15-10-18-6-4-11(15)5-7-18/h2-3,8,11,15,17H,4-7,9-10H2,1H3. The van der Waals surface area contributed by atoms with Crippen molar-refractivity contribution >= 4 is 0 Å². The third kappa shape index (κ3) is 2.74. The summed E-state index contributed by atoms with van der Waals surface area (Å²) in [6.45, 7) is 4.19. The van der Waals surface area contributed by atoms with Crippen molar-refractivity contribution in [1.82, 2.24) is 10.2 Å². The molecule has 4 heteroatoms. The van der Waals surface area contributed by atoms with Gasteiger partial charge in [0.25, 0.3) is 0 Å². The van der Waals surface area contributed by atoms with Crippen LogP contribution in [0, 0.1) is 11.7 Å². The van der Waals surface area contributed by atoms with Gasteiger partial charge in [0.1, 0.15) is 11.6 Å². The van der Waals surface area contributed by atoms with Crippen molar-refractivity contribution in [3.05, 3.63) is 29.6 Å². The molecule has 0 amide bonds. The summed E-state index contributed by atoms with van der Waals surface area (Å²) >= 11 is 0. The third-order valence-corrected chi connectivity index (χ3v) is 4.47. The van der Waals surface area contributed by atoms with Crippen LogP contribution in [-0.2, 0) is 6.54 Å². The molecule has 3 heterocycles. The molecule has 0 aromatic heterocycles. The lowest BCUT2D eigenvalue weighted by Crippen LogP contribution is -2.55. The molecule has 4 rings (SSSR count). The normalized spacial score (nSPS) is 29.5. The molecule has 0 saturated carbocycles. The van der Waals surface area contributed by atoms with Gasteiger partial charge in [-0.25, -0.2) is 4.39 Å². The summed E-state index contributed by atoms with van der Waals surface area (Å²) in [5, 5.41) is 3.53. The Morgan fingerprint density at radius 3 is 2.74 bits per heavy atom. The lowest BCUT2D eigenvalue weighted by atomic mass is 9.84. The fourth-order valence-electron chi connectivity index (χ4n) is 3.24. The summed E-state index contributed by atoms with van der Waals surface area (Å²) < 4.78 is 18.9. The number of halogens is 1. The topological polar surface area (TPSA) is 24.5 Å². The summed E-state index contributed by atoms with van der Waals surface area (Å²) in [5.74, 6) is 1.16. The van der Waals surface area contributed by atoms with Gasteiger partial charge in [0.05, 0.1) is 7.11 Å². The van der Waals surface area contributed by atoms with Crippen molar-refractivity contribution in [3.8, 4) is 5.75 Å². The molecule has 1 atom stereocenters. The van der Waals surface area contributed by atoms with Crippen LogP contribution in [0.1, 0.15) is 18.4 Å². The van der Waals surface area contributed by atoms with Crippen molar-refractivity contribution in [2.75, 3.05) is 26.7 Å². The van der Waals surface area contributed by atoms with Gasteiger partial charge in [0, 0.05) is 30.8 Å². The summed E-state index contributed by atoms with van der Waals surface area (Å²) in [6.07, 6.45) is 2.56. The number of piperidine rings is 3. The van der Waals surface area contributed by atoms with E-state index in [2.05, 4.69) is 10.2 Å². The predicted molar refractivity (Wildman–Crippen MR) is 72.7 cm³/mol. The monoisotopic (exact) mass is 264 g/mol. The number of hydrogen-bond donors (Lipinski definition) is 1. The lowest BCUT2D eigenvalue weighted by Gasteiger charge is -2.45. The Labute approximate surface area is 113 Å². The molecule has 0 radical (unpaired) electrons. The van der Waals surface area contributed by atoms with Crippen LogP contribution in [0.25, 0.3) is 0 Å². The summed E-state index contributed by atoms with van der Waals surface area (Å²) in [4.78, 5) is 2.50. The second kappa shape index (κ2) is 5.47. The minimum Gasteiger partial charge on any atom is -0.497 e. The fraction of sp³-hybridized carbons (Fsp3) is 0.600. The maximum atomic E-state index is 13.8. The van der Waals surface area contributed by atoms with Crippen molar-refractivity contribution < 1.29 is 9.13 Å². The first-order chi connectivity index (χ1) is 9.26. The molecule has 0 aliphatic carbocycles. The summed E-state index contributed by atoms with van der Waals surface area (Å²) in [6, 6.07) is 5.59. The van der Waals surface area contributed by atoms with Crippen molar-refractivity contribution in [2.45, 2.75) is 25.4 Å². The first-order valence-corrected chi connectivity index (χ1v) is 7.04. The second-order valence-electron chi connectivity index (χ2n) is 5.58. The molecule has 3 fully saturated rings. The van der Waals surface area contributed by atoms with Gasteiger partial charge in [0.15, 0.2) is 0 Å². The zero-order chi connectivity index (χ0) is 13.2. The molecule has 3 aliphatic rings. The Bertz CT molecular complexity index is 444. The molecule has 0 spiro atoms. The minimum atomic E-state index is -0.187. The number of hydrogen-bond acceptors (Lipinski definition) is 3. The Morgan fingerprint density at radius 2 is 2.16 bits per heavy atom. The minimum absolute atomic E-state index is 0.187. The van der Waals surface area contributed by atoms with Gasteiger partial charge in [-0.15, -0.1) is 0 Å². The maximum Gasteiger partial charge on any atom is 0.131 e. The van der Waals surface area contributed by atoms with E-state index >= 15 is 0 Å². The number of benzene rings is 1. The van der Waals surface area contributed by atoms with E-state index in [4.69, 9.17) is 4.74 Å². The second-order valence-corrected chi connectivity index (χ2v) is 5.58. The molecule has 2 bridgehead atoms. The molecule has 1 N–H and O–H groups in total. The van der Waals surface area contributed by atoms with Gasteiger partial charge < -0.3 is 15.0 Å². The first kappa shape index (κ1) is 12.9.